The Kier molecular flexibility index (Phi) is 4.88. The number of rotatable bonds is 7. The van der Waals surface area contributed by atoms with Gasteiger partial charge in [-0.15, -0.1) is 0 Å². The second-order valence-electron chi connectivity index (χ2n) is 6.32. The van der Waals surface area contributed by atoms with Crippen LogP contribution in [-0.4, -0.2) is 25.1 Å². The van der Waals surface area contributed by atoms with Crippen molar-refractivity contribution in [3.63, 3.8) is 0 Å². The van der Waals surface area contributed by atoms with E-state index in [4.69, 9.17) is 10.5 Å². The highest BCUT2D eigenvalue weighted by Crippen LogP contribution is 2.39. The van der Waals surface area contributed by atoms with Crippen LogP contribution in [0.4, 0.5) is 0 Å². The molecular weight excluding hydrogens is 264 g/mol. The number of hydrogen-bond donors (Lipinski definition) is 2. The van der Waals surface area contributed by atoms with Crippen LogP contribution in [-0.2, 0) is 4.79 Å². The molecule has 2 unspecified atom stereocenters. The van der Waals surface area contributed by atoms with Crippen molar-refractivity contribution in [1.29, 1.82) is 0 Å². The van der Waals surface area contributed by atoms with Gasteiger partial charge in [0.25, 0.3) is 0 Å². The Balaban J connectivity index is 1.91. The normalized spacial score (nSPS) is 18.7. The molecule has 0 aromatic heterocycles. The first-order valence-electron chi connectivity index (χ1n) is 7.63. The average molecular weight is 290 g/mol. The van der Waals surface area contributed by atoms with E-state index in [0.717, 1.165) is 11.3 Å². The van der Waals surface area contributed by atoms with Gasteiger partial charge in [0.15, 0.2) is 0 Å². The third kappa shape index (κ3) is 3.97. The van der Waals surface area contributed by atoms with Crippen molar-refractivity contribution in [2.75, 3.05) is 13.7 Å². The Labute approximate surface area is 127 Å². The number of carbonyl (C=O) groups is 1. The zero-order valence-corrected chi connectivity index (χ0v) is 13.2. The number of hydrogen-bond acceptors (Lipinski definition) is 3. The lowest BCUT2D eigenvalue weighted by Crippen LogP contribution is -2.53. The predicted octanol–water partition coefficient (Wildman–Crippen LogP) is 2.43. The van der Waals surface area contributed by atoms with E-state index in [2.05, 4.69) is 19.2 Å². The van der Waals surface area contributed by atoms with Gasteiger partial charge in [-0.25, -0.2) is 0 Å². The molecule has 0 aliphatic heterocycles. The molecule has 2 rings (SSSR count). The van der Waals surface area contributed by atoms with Crippen molar-refractivity contribution in [2.24, 2.45) is 11.7 Å². The molecule has 2 atom stereocenters. The van der Waals surface area contributed by atoms with Crippen LogP contribution in [0.1, 0.15) is 44.6 Å². The average Bonchev–Trinajstić information content (AvgIpc) is 3.32. The lowest BCUT2D eigenvalue weighted by atomic mass is 9.93. The van der Waals surface area contributed by atoms with Crippen molar-refractivity contribution < 1.29 is 9.53 Å². The van der Waals surface area contributed by atoms with E-state index in [0.29, 0.717) is 18.9 Å². The standard InChI is InChI=1S/C17H26N2O2/c1-12(13-4-8-15(21-3)9-5-13)10-16(20)19-17(2,11-18)14-6-7-14/h4-5,8-9,12,14H,6-7,10-11,18H2,1-3H3,(H,19,20). The fraction of sp³-hybridized carbons (Fsp3) is 0.588. The van der Waals surface area contributed by atoms with E-state index in [-0.39, 0.29) is 17.4 Å². The van der Waals surface area contributed by atoms with Gasteiger partial charge in [0.1, 0.15) is 5.75 Å². The van der Waals surface area contributed by atoms with Crippen LogP contribution in [0.3, 0.4) is 0 Å². The molecule has 1 aliphatic carbocycles. The van der Waals surface area contributed by atoms with Crippen LogP contribution >= 0.6 is 0 Å². The van der Waals surface area contributed by atoms with Crippen LogP contribution in [0.5, 0.6) is 5.75 Å². The molecule has 1 amide bonds. The van der Waals surface area contributed by atoms with Crippen molar-refractivity contribution in [3.05, 3.63) is 29.8 Å². The Morgan fingerprint density at radius 2 is 2.05 bits per heavy atom. The summed E-state index contributed by atoms with van der Waals surface area (Å²) >= 11 is 0. The Morgan fingerprint density at radius 1 is 1.43 bits per heavy atom. The minimum Gasteiger partial charge on any atom is -0.497 e. The Hall–Kier alpha value is -1.55. The van der Waals surface area contributed by atoms with Gasteiger partial charge in [-0.1, -0.05) is 19.1 Å². The smallest absolute Gasteiger partial charge is 0.221 e. The number of ether oxygens (including phenoxy) is 1. The van der Waals surface area contributed by atoms with Crippen LogP contribution in [0.15, 0.2) is 24.3 Å². The number of nitrogens with two attached hydrogens (primary N) is 1. The van der Waals surface area contributed by atoms with E-state index in [1.807, 2.05) is 24.3 Å². The van der Waals surface area contributed by atoms with Crippen LogP contribution in [0.2, 0.25) is 0 Å². The summed E-state index contributed by atoms with van der Waals surface area (Å²) in [6.45, 7) is 4.62. The van der Waals surface area contributed by atoms with Crippen molar-refractivity contribution >= 4 is 5.91 Å². The van der Waals surface area contributed by atoms with Crippen LogP contribution < -0.4 is 15.8 Å². The highest BCUT2D eigenvalue weighted by Gasteiger charge is 2.41. The highest BCUT2D eigenvalue weighted by atomic mass is 16.5. The SMILES string of the molecule is COc1ccc(C(C)CC(=O)NC(C)(CN)C2CC2)cc1. The Morgan fingerprint density at radius 3 is 2.52 bits per heavy atom. The summed E-state index contributed by atoms with van der Waals surface area (Å²) in [5, 5.41) is 3.14. The Bertz CT molecular complexity index is 482. The summed E-state index contributed by atoms with van der Waals surface area (Å²) in [7, 11) is 1.65. The second kappa shape index (κ2) is 6.48. The minimum absolute atomic E-state index is 0.0816. The van der Waals surface area contributed by atoms with E-state index < -0.39 is 0 Å². The van der Waals surface area contributed by atoms with Gasteiger partial charge in [0.05, 0.1) is 12.6 Å². The number of nitrogens with one attached hydrogen (secondary N) is 1. The van der Waals surface area contributed by atoms with Gasteiger partial charge in [-0.2, -0.15) is 0 Å². The van der Waals surface area contributed by atoms with Gasteiger partial charge in [-0.05, 0) is 49.3 Å². The van der Waals surface area contributed by atoms with Gasteiger partial charge < -0.3 is 15.8 Å². The van der Waals surface area contributed by atoms with Crippen LogP contribution in [0, 0.1) is 5.92 Å². The molecule has 1 aromatic carbocycles. The third-order valence-electron chi connectivity index (χ3n) is 4.50. The zero-order valence-electron chi connectivity index (χ0n) is 13.2. The molecule has 4 heteroatoms. The van der Waals surface area contributed by atoms with Gasteiger partial charge in [0, 0.05) is 13.0 Å². The summed E-state index contributed by atoms with van der Waals surface area (Å²) in [5.74, 6) is 1.64. The number of methoxy groups -OCH3 is 1. The molecule has 1 saturated carbocycles. The molecule has 0 saturated heterocycles. The third-order valence-corrected chi connectivity index (χ3v) is 4.50. The maximum absolute atomic E-state index is 12.3. The molecule has 0 bridgehead atoms. The summed E-state index contributed by atoms with van der Waals surface area (Å²) in [4.78, 5) is 12.3. The molecule has 3 N–H and O–H groups in total. The van der Waals surface area contributed by atoms with Gasteiger partial charge >= 0.3 is 0 Å². The second-order valence-corrected chi connectivity index (χ2v) is 6.32. The topological polar surface area (TPSA) is 64.3 Å². The van der Waals surface area contributed by atoms with E-state index in [9.17, 15) is 4.79 Å². The molecule has 1 aliphatic rings. The molecule has 21 heavy (non-hydrogen) atoms. The predicted molar refractivity (Wildman–Crippen MR) is 84.4 cm³/mol. The minimum atomic E-state index is -0.239. The first-order valence-corrected chi connectivity index (χ1v) is 7.63. The molecule has 1 fully saturated rings. The first kappa shape index (κ1) is 15.8. The summed E-state index contributed by atoms with van der Waals surface area (Å²) in [6.07, 6.45) is 2.82. The first-order chi connectivity index (χ1) is 9.98. The van der Waals surface area contributed by atoms with Crippen LogP contribution in [0.25, 0.3) is 0 Å². The molecule has 0 spiro atoms. The lowest BCUT2D eigenvalue weighted by Gasteiger charge is -2.30. The number of amides is 1. The molecule has 4 nitrogen and oxygen atoms in total. The number of carbonyl (C=O) groups excluding carboxylic acids is 1. The van der Waals surface area contributed by atoms with E-state index in [1.165, 1.54) is 12.8 Å². The van der Waals surface area contributed by atoms with Crippen molar-refractivity contribution in [3.8, 4) is 5.75 Å². The van der Waals surface area contributed by atoms with E-state index >= 15 is 0 Å². The quantitative estimate of drug-likeness (QED) is 0.810. The fourth-order valence-corrected chi connectivity index (χ4v) is 2.74. The maximum atomic E-state index is 12.3. The van der Waals surface area contributed by atoms with Crippen molar-refractivity contribution in [1.82, 2.24) is 5.32 Å². The monoisotopic (exact) mass is 290 g/mol. The molecule has 0 heterocycles. The lowest BCUT2D eigenvalue weighted by molar-refractivity contribution is -0.123. The highest BCUT2D eigenvalue weighted by molar-refractivity contribution is 5.77. The summed E-state index contributed by atoms with van der Waals surface area (Å²) < 4.78 is 5.15. The molecule has 116 valence electrons. The molecule has 0 radical (unpaired) electrons. The fourth-order valence-electron chi connectivity index (χ4n) is 2.74. The van der Waals surface area contributed by atoms with Gasteiger partial charge in [-0.3, -0.25) is 4.79 Å². The molecular formula is C17H26N2O2. The largest absolute Gasteiger partial charge is 0.497 e. The zero-order chi connectivity index (χ0) is 15.5. The van der Waals surface area contributed by atoms with E-state index in [1.54, 1.807) is 7.11 Å². The summed E-state index contributed by atoms with van der Waals surface area (Å²) in [6, 6.07) is 7.88. The van der Waals surface area contributed by atoms with Crippen molar-refractivity contribution in [2.45, 2.75) is 44.6 Å². The van der Waals surface area contributed by atoms with Gasteiger partial charge in [0.2, 0.25) is 5.91 Å². The number of benzene rings is 1. The summed E-state index contributed by atoms with van der Waals surface area (Å²) in [5.41, 5.74) is 6.75. The maximum Gasteiger partial charge on any atom is 0.221 e. The molecule has 1 aromatic rings.